The van der Waals surface area contributed by atoms with Gasteiger partial charge in [-0.25, -0.2) is 9.18 Å². The molecule has 0 saturated carbocycles. The lowest BCUT2D eigenvalue weighted by Gasteiger charge is -2.38. The van der Waals surface area contributed by atoms with Gasteiger partial charge in [-0.2, -0.15) is 30.7 Å². The minimum absolute atomic E-state index is 0.0565. The summed E-state index contributed by atoms with van der Waals surface area (Å²) in [7, 11) is 0. The molecule has 1 aliphatic rings. The number of nitrogens with one attached hydrogen (secondary N) is 1. The number of alkyl halides is 7. The number of hydrogen-bond donors (Lipinski definition) is 1. The quantitative estimate of drug-likeness (QED) is 0.273. The van der Waals surface area contributed by atoms with E-state index in [4.69, 9.17) is 11.6 Å². The van der Waals surface area contributed by atoms with E-state index in [0.29, 0.717) is 16.5 Å². The van der Waals surface area contributed by atoms with Crippen LogP contribution in [0.1, 0.15) is 29.7 Å². The molecule has 2 aromatic carbocycles. The number of hydrogen-bond acceptors (Lipinski definition) is 3. The molecule has 220 valence electrons. The SMILES string of the molecule is O=C(N[C@@](Cc1ccccc1)(c1cc(F)cc(OC(F)(F)C(F)F)c1)c1ccc(Cl)cn1)N1CCC[C@@H]1C(F)(F)F. The van der Waals surface area contributed by atoms with Crippen LogP contribution in [0, 0.1) is 5.82 Å². The van der Waals surface area contributed by atoms with Gasteiger partial charge in [0.05, 0.1) is 10.7 Å². The number of amides is 2. The van der Waals surface area contributed by atoms with E-state index in [1.165, 1.54) is 18.3 Å². The Balaban J connectivity index is 1.91. The molecule has 0 spiro atoms. The van der Waals surface area contributed by atoms with Gasteiger partial charge in [0.1, 0.15) is 23.1 Å². The van der Waals surface area contributed by atoms with Gasteiger partial charge in [-0.05, 0) is 48.2 Å². The van der Waals surface area contributed by atoms with Crippen molar-refractivity contribution in [2.45, 2.75) is 49.6 Å². The van der Waals surface area contributed by atoms with Gasteiger partial charge in [-0.3, -0.25) is 4.98 Å². The van der Waals surface area contributed by atoms with E-state index in [-0.39, 0.29) is 42.1 Å². The van der Waals surface area contributed by atoms with Crippen LogP contribution in [0.4, 0.5) is 39.9 Å². The number of carbonyl (C=O) groups excluding carboxylic acids is 1. The highest BCUT2D eigenvalue weighted by molar-refractivity contribution is 6.30. The Bertz CT molecular complexity index is 1360. The molecule has 2 amide bonds. The Hall–Kier alpha value is -3.61. The van der Waals surface area contributed by atoms with Crippen LogP contribution < -0.4 is 10.1 Å². The van der Waals surface area contributed by atoms with Crippen molar-refractivity contribution in [1.29, 1.82) is 0 Å². The van der Waals surface area contributed by atoms with Crippen LogP contribution in [0.5, 0.6) is 5.75 Å². The van der Waals surface area contributed by atoms with Gasteiger partial charge in [-0.1, -0.05) is 41.9 Å². The molecule has 1 saturated heterocycles. The lowest BCUT2D eigenvalue weighted by atomic mass is 9.80. The first-order chi connectivity index (χ1) is 19.2. The summed E-state index contributed by atoms with van der Waals surface area (Å²) in [6.45, 7) is -0.246. The average molecular weight is 608 g/mol. The third kappa shape index (κ3) is 6.83. The molecular weight excluding hydrogens is 586 g/mol. The van der Waals surface area contributed by atoms with Gasteiger partial charge in [0, 0.05) is 25.2 Å². The summed E-state index contributed by atoms with van der Waals surface area (Å²) in [6.07, 6.45) is -13.4. The third-order valence-electron chi connectivity index (χ3n) is 6.56. The minimum atomic E-state index is -5.00. The minimum Gasteiger partial charge on any atom is -0.428 e. The number of aromatic nitrogens is 1. The third-order valence-corrected chi connectivity index (χ3v) is 6.78. The van der Waals surface area contributed by atoms with Crippen LogP contribution in [-0.4, -0.2) is 47.2 Å². The molecule has 0 radical (unpaired) electrons. The Morgan fingerprint density at radius 3 is 2.39 bits per heavy atom. The van der Waals surface area contributed by atoms with Gasteiger partial charge < -0.3 is 15.0 Å². The maximum absolute atomic E-state index is 14.9. The molecule has 5 nitrogen and oxygen atoms in total. The highest BCUT2D eigenvalue weighted by Crippen LogP contribution is 2.39. The van der Waals surface area contributed by atoms with E-state index in [1.807, 2.05) is 0 Å². The topological polar surface area (TPSA) is 54.5 Å². The van der Waals surface area contributed by atoms with Gasteiger partial charge in [0.2, 0.25) is 0 Å². The molecule has 2 heterocycles. The molecule has 3 aromatic rings. The standard InChI is InChI=1S/C27H22ClF8N3O2/c28-18-8-9-21(37-15-18)25(14-16-5-2-1-3-6-16,38-24(40)39-10-4-7-22(39)26(32,33)34)17-11-19(29)13-20(12-17)41-27(35,36)23(30)31/h1-3,5-6,8-9,11-13,15,22-23H,4,7,10,14H2,(H,38,40)/t22-,25+/m1/s1. The summed E-state index contributed by atoms with van der Waals surface area (Å²) in [5.74, 6) is -2.22. The number of pyridine rings is 1. The van der Waals surface area contributed by atoms with E-state index >= 15 is 0 Å². The van der Waals surface area contributed by atoms with Crippen molar-refractivity contribution in [1.82, 2.24) is 15.2 Å². The van der Waals surface area contributed by atoms with Crippen molar-refractivity contribution in [2.75, 3.05) is 6.54 Å². The van der Waals surface area contributed by atoms with E-state index in [1.54, 1.807) is 30.3 Å². The lowest BCUT2D eigenvalue weighted by Crippen LogP contribution is -2.56. The first-order valence-electron chi connectivity index (χ1n) is 12.2. The second-order valence-electron chi connectivity index (χ2n) is 9.39. The number of likely N-dealkylation sites (tertiary alicyclic amines) is 1. The van der Waals surface area contributed by atoms with Crippen LogP contribution in [0.15, 0.2) is 66.9 Å². The van der Waals surface area contributed by atoms with Crippen LogP contribution in [0.3, 0.4) is 0 Å². The summed E-state index contributed by atoms with van der Waals surface area (Å²) < 4.78 is 113. The molecule has 41 heavy (non-hydrogen) atoms. The van der Waals surface area contributed by atoms with E-state index in [2.05, 4.69) is 15.0 Å². The van der Waals surface area contributed by atoms with Crippen molar-refractivity contribution in [2.24, 2.45) is 0 Å². The highest BCUT2D eigenvalue weighted by Gasteiger charge is 2.50. The van der Waals surface area contributed by atoms with E-state index in [0.717, 1.165) is 12.1 Å². The van der Waals surface area contributed by atoms with Crippen LogP contribution in [0.2, 0.25) is 5.02 Å². The maximum atomic E-state index is 14.9. The number of rotatable bonds is 8. The second kappa shape index (κ2) is 11.7. The van der Waals surface area contributed by atoms with E-state index in [9.17, 15) is 39.9 Å². The zero-order chi connectivity index (χ0) is 30.0. The Morgan fingerprint density at radius 2 is 1.78 bits per heavy atom. The zero-order valence-electron chi connectivity index (χ0n) is 20.9. The Morgan fingerprint density at radius 1 is 1.07 bits per heavy atom. The molecule has 4 rings (SSSR count). The zero-order valence-corrected chi connectivity index (χ0v) is 21.7. The molecule has 1 fully saturated rings. The van der Waals surface area contributed by atoms with Crippen molar-refractivity contribution in [3.8, 4) is 5.75 Å². The van der Waals surface area contributed by atoms with Crippen molar-refractivity contribution < 1.29 is 44.7 Å². The molecule has 2 atom stereocenters. The fraction of sp³-hybridized carbons (Fsp3) is 0.333. The fourth-order valence-corrected chi connectivity index (χ4v) is 4.84. The molecule has 14 heteroatoms. The predicted octanol–water partition coefficient (Wildman–Crippen LogP) is 7.33. The highest BCUT2D eigenvalue weighted by atomic mass is 35.5. The first kappa shape index (κ1) is 30.4. The van der Waals surface area contributed by atoms with Gasteiger partial charge in [0.15, 0.2) is 0 Å². The van der Waals surface area contributed by atoms with E-state index < -0.39 is 47.9 Å². The second-order valence-corrected chi connectivity index (χ2v) is 9.83. The first-order valence-corrected chi connectivity index (χ1v) is 12.6. The number of halogens is 9. The number of benzene rings is 2. The molecule has 0 unspecified atom stereocenters. The van der Waals surface area contributed by atoms with Crippen molar-refractivity contribution in [3.63, 3.8) is 0 Å². The molecule has 1 N–H and O–H groups in total. The largest absolute Gasteiger partial charge is 0.461 e. The van der Waals surface area contributed by atoms with Gasteiger partial charge >= 0.3 is 24.7 Å². The number of urea groups is 1. The molecule has 0 aliphatic carbocycles. The number of carbonyl (C=O) groups is 1. The van der Waals surface area contributed by atoms with Crippen LogP contribution >= 0.6 is 11.6 Å². The summed E-state index contributed by atoms with van der Waals surface area (Å²) in [5.41, 5.74) is -1.91. The summed E-state index contributed by atoms with van der Waals surface area (Å²) in [6, 6.07) is 9.55. The van der Waals surface area contributed by atoms with Crippen LogP contribution in [-0.2, 0) is 12.0 Å². The smallest absolute Gasteiger partial charge is 0.428 e. The predicted molar refractivity (Wildman–Crippen MR) is 132 cm³/mol. The lowest BCUT2D eigenvalue weighted by molar-refractivity contribution is -0.253. The van der Waals surface area contributed by atoms with Crippen LogP contribution in [0.25, 0.3) is 0 Å². The normalized spacial score (nSPS) is 17.4. The Labute approximate surface area is 234 Å². The summed E-state index contributed by atoms with van der Waals surface area (Å²) in [5, 5.41) is 2.68. The average Bonchev–Trinajstić information content (AvgIpc) is 3.40. The molecule has 1 aliphatic heterocycles. The van der Waals surface area contributed by atoms with Crippen molar-refractivity contribution >= 4 is 17.6 Å². The summed E-state index contributed by atoms with van der Waals surface area (Å²) in [4.78, 5) is 18.3. The van der Waals surface area contributed by atoms with Gasteiger partial charge in [0.25, 0.3) is 0 Å². The number of ether oxygens (including phenoxy) is 1. The summed E-state index contributed by atoms with van der Waals surface area (Å²) >= 11 is 5.98. The Kier molecular flexibility index (Phi) is 8.67. The molecule has 0 bridgehead atoms. The van der Waals surface area contributed by atoms with Crippen molar-refractivity contribution in [3.05, 3.63) is 94.5 Å². The fourth-order valence-electron chi connectivity index (χ4n) is 4.73. The maximum Gasteiger partial charge on any atom is 0.461 e. The van der Waals surface area contributed by atoms with Gasteiger partial charge in [-0.15, -0.1) is 0 Å². The monoisotopic (exact) mass is 607 g/mol. The molecule has 1 aromatic heterocycles. The number of nitrogens with zero attached hydrogens (tertiary/aromatic N) is 2. The molecular formula is C27H22ClF8N3O2.